The molecule has 0 saturated heterocycles. The fourth-order valence-electron chi connectivity index (χ4n) is 1.68. The Bertz CT molecular complexity index is 453. The second kappa shape index (κ2) is 7.53. The van der Waals surface area contributed by atoms with Gasteiger partial charge in [0.15, 0.2) is 0 Å². The fourth-order valence-corrected chi connectivity index (χ4v) is 1.68. The highest BCUT2D eigenvalue weighted by atomic mass is 16.5. The van der Waals surface area contributed by atoms with Gasteiger partial charge in [0.2, 0.25) is 0 Å². The van der Waals surface area contributed by atoms with Crippen LogP contribution in [0.2, 0.25) is 0 Å². The van der Waals surface area contributed by atoms with Crippen LogP contribution >= 0.6 is 0 Å². The molecule has 0 radical (unpaired) electrons. The van der Waals surface area contributed by atoms with E-state index in [1.54, 1.807) is 18.7 Å². The van der Waals surface area contributed by atoms with E-state index in [0.29, 0.717) is 6.61 Å². The summed E-state index contributed by atoms with van der Waals surface area (Å²) < 4.78 is 7.61. The van der Waals surface area contributed by atoms with E-state index in [1.807, 2.05) is 22.9 Å². The minimum Gasteiger partial charge on any atom is -0.490 e. The summed E-state index contributed by atoms with van der Waals surface area (Å²) in [6, 6.07) is 3.96. The zero-order chi connectivity index (χ0) is 13.3. The minimum absolute atomic E-state index is 0.617. The molecule has 0 unspecified atom stereocenters. The van der Waals surface area contributed by atoms with E-state index < -0.39 is 0 Å². The van der Waals surface area contributed by atoms with Crippen LogP contribution in [0.1, 0.15) is 19.0 Å². The zero-order valence-corrected chi connectivity index (χ0v) is 11.2. The molecule has 0 saturated carbocycles. The number of hydrogen-bond donors (Lipinski definition) is 1. The molecule has 0 aliphatic carbocycles. The summed E-state index contributed by atoms with van der Waals surface area (Å²) in [7, 11) is 0. The molecule has 2 aromatic heterocycles. The Morgan fingerprint density at radius 3 is 3.00 bits per heavy atom. The quantitative estimate of drug-likeness (QED) is 0.736. The van der Waals surface area contributed by atoms with Gasteiger partial charge < -0.3 is 14.6 Å². The smallest absolute Gasteiger partial charge is 0.137 e. The van der Waals surface area contributed by atoms with Gasteiger partial charge in [0.25, 0.3) is 0 Å². The third-order valence-corrected chi connectivity index (χ3v) is 2.71. The van der Waals surface area contributed by atoms with Crippen molar-refractivity contribution in [1.29, 1.82) is 0 Å². The van der Waals surface area contributed by atoms with Crippen molar-refractivity contribution in [3.8, 4) is 5.75 Å². The van der Waals surface area contributed by atoms with Gasteiger partial charge in [-0.05, 0) is 25.1 Å². The van der Waals surface area contributed by atoms with Crippen molar-refractivity contribution in [2.24, 2.45) is 0 Å². The van der Waals surface area contributed by atoms with Crippen LogP contribution in [0.3, 0.4) is 0 Å². The fraction of sp³-hybridized carbons (Fsp3) is 0.429. The van der Waals surface area contributed by atoms with Gasteiger partial charge in [0.1, 0.15) is 12.4 Å². The Morgan fingerprint density at radius 1 is 1.37 bits per heavy atom. The molecule has 102 valence electrons. The van der Waals surface area contributed by atoms with Crippen LogP contribution in [0.4, 0.5) is 0 Å². The summed E-state index contributed by atoms with van der Waals surface area (Å²) >= 11 is 0. The second-order valence-electron chi connectivity index (χ2n) is 4.31. The Morgan fingerprint density at radius 2 is 2.32 bits per heavy atom. The molecule has 0 amide bonds. The lowest BCUT2D eigenvalue weighted by molar-refractivity contribution is 0.297. The SMILES string of the molecule is CCCNCc1ccc(OCCn2ccnc2)cn1. The Balaban J connectivity index is 1.72. The molecule has 5 nitrogen and oxygen atoms in total. The normalized spacial score (nSPS) is 10.6. The standard InChI is InChI=1S/C14H20N4O/c1-2-5-15-10-13-3-4-14(11-17-13)19-9-8-18-7-6-16-12-18/h3-4,6-7,11-12,15H,2,5,8-10H2,1H3. The maximum atomic E-state index is 5.63. The van der Waals surface area contributed by atoms with Gasteiger partial charge in [0, 0.05) is 18.9 Å². The van der Waals surface area contributed by atoms with Gasteiger partial charge in [-0.2, -0.15) is 0 Å². The van der Waals surface area contributed by atoms with E-state index in [1.165, 1.54) is 0 Å². The van der Waals surface area contributed by atoms with Crippen molar-refractivity contribution in [3.63, 3.8) is 0 Å². The van der Waals surface area contributed by atoms with Crippen molar-refractivity contribution >= 4 is 0 Å². The van der Waals surface area contributed by atoms with Crippen molar-refractivity contribution in [1.82, 2.24) is 19.9 Å². The number of hydrogen-bond acceptors (Lipinski definition) is 4. The summed E-state index contributed by atoms with van der Waals surface area (Å²) in [5, 5.41) is 3.32. The molecule has 2 aromatic rings. The minimum atomic E-state index is 0.617. The second-order valence-corrected chi connectivity index (χ2v) is 4.31. The summed E-state index contributed by atoms with van der Waals surface area (Å²) in [5.74, 6) is 0.805. The van der Waals surface area contributed by atoms with Gasteiger partial charge in [-0.1, -0.05) is 6.92 Å². The first-order chi connectivity index (χ1) is 9.38. The van der Waals surface area contributed by atoms with Crippen LogP contribution < -0.4 is 10.1 Å². The Kier molecular flexibility index (Phi) is 5.37. The van der Waals surface area contributed by atoms with Gasteiger partial charge in [-0.25, -0.2) is 4.98 Å². The zero-order valence-electron chi connectivity index (χ0n) is 11.2. The maximum Gasteiger partial charge on any atom is 0.137 e. The first-order valence-corrected chi connectivity index (χ1v) is 6.62. The third-order valence-electron chi connectivity index (χ3n) is 2.71. The topological polar surface area (TPSA) is 52.0 Å². The molecular formula is C14H20N4O. The van der Waals surface area contributed by atoms with Crippen LogP contribution in [-0.4, -0.2) is 27.7 Å². The lowest BCUT2D eigenvalue weighted by Gasteiger charge is -2.07. The van der Waals surface area contributed by atoms with E-state index in [-0.39, 0.29) is 0 Å². The van der Waals surface area contributed by atoms with E-state index >= 15 is 0 Å². The molecule has 2 heterocycles. The number of ether oxygens (including phenoxy) is 1. The Hall–Kier alpha value is -1.88. The first kappa shape index (κ1) is 13.5. The predicted molar refractivity (Wildman–Crippen MR) is 74.0 cm³/mol. The molecule has 1 N–H and O–H groups in total. The van der Waals surface area contributed by atoms with E-state index in [0.717, 1.165) is 37.5 Å². The number of nitrogens with zero attached hydrogens (tertiary/aromatic N) is 3. The summed E-state index contributed by atoms with van der Waals surface area (Å²) in [5.41, 5.74) is 1.04. The van der Waals surface area contributed by atoms with Crippen molar-refractivity contribution < 1.29 is 4.74 Å². The van der Waals surface area contributed by atoms with E-state index in [9.17, 15) is 0 Å². The molecule has 2 rings (SSSR count). The highest BCUT2D eigenvalue weighted by Gasteiger charge is 1.97. The Labute approximate surface area is 113 Å². The molecule has 5 heteroatoms. The van der Waals surface area contributed by atoms with Crippen molar-refractivity contribution in [2.75, 3.05) is 13.2 Å². The molecule has 19 heavy (non-hydrogen) atoms. The number of pyridine rings is 1. The summed E-state index contributed by atoms with van der Waals surface area (Å²) in [6.07, 6.45) is 8.38. The molecular weight excluding hydrogens is 240 g/mol. The first-order valence-electron chi connectivity index (χ1n) is 6.62. The van der Waals surface area contributed by atoms with Crippen LogP contribution in [0, 0.1) is 0 Å². The molecule has 0 aromatic carbocycles. The molecule has 0 spiro atoms. The summed E-state index contributed by atoms with van der Waals surface area (Å²) in [6.45, 7) is 5.39. The van der Waals surface area contributed by atoms with E-state index in [4.69, 9.17) is 4.74 Å². The predicted octanol–water partition coefficient (Wildman–Crippen LogP) is 1.86. The van der Waals surface area contributed by atoms with Crippen molar-refractivity contribution in [2.45, 2.75) is 26.4 Å². The van der Waals surface area contributed by atoms with Gasteiger partial charge in [-0.3, -0.25) is 4.98 Å². The molecule has 0 atom stereocenters. The van der Waals surface area contributed by atoms with Crippen LogP contribution in [0.5, 0.6) is 5.75 Å². The largest absolute Gasteiger partial charge is 0.490 e. The molecule has 0 aliphatic heterocycles. The van der Waals surface area contributed by atoms with Crippen molar-refractivity contribution in [3.05, 3.63) is 42.7 Å². The highest BCUT2D eigenvalue weighted by molar-refractivity contribution is 5.19. The number of rotatable bonds is 8. The molecule has 0 aliphatic rings. The van der Waals surface area contributed by atoms with Crippen LogP contribution in [0.15, 0.2) is 37.1 Å². The van der Waals surface area contributed by atoms with Gasteiger partial charge in [-0.15, -0.1) is 0 Å². The average molecular weight is 260 g/mol. The van der Waals surface area contributed by atoms with Gasteiger partial charge >= 0.3 is 0 Å². The average Bonchev–Trinajstić information content (AvgIpc) is 2.94. The third kappa shape index (κ3) is 4.71. The molecule has 0 bridgehead atoms. The van der Waals surface area contributed by atoms with E-state index in [2.05, 4.69) is 22.2 Å². The maximum absolute atomic E-state index is 5.63. The summed E-state index contributed by atoms with van der Waals surface area (Å²) in [4.78, 5) is 8.34. The lowest BCUT2D eigenvalue weighted by atomic mass is 10.3. The molecule has 0 fully saturated rings. The number of nitrogens with one attached hydrogen (secondary N) is 1. The highest BCUT2D eigenvalue weighted by Crippen LogP contribution is 2.09. The van der Waals surface area contributed by atoms with Gasteiger partial charge in [0.05, 0.1) is 24.8 Å². The number of imidazole rings is 1. The van der Waals surface area contributed by atoms with Crippen LogP contribution in [-0.2, 0) is 13.1 Å². The lowest BCUT2D eigenvalue weighted by Crippen LogP contribution is -2.14. The monoisotopic (exact) mass is 260 g/mol. The number of aromatic nitrogens is 3. The van der Waals surface area contributed by atoms with Crippen LogP contribution in [0.25, 0.3) is 0 Å².